The summed E-state index contributed by atoms with van der Waals surface area (Å²) in [6.45, 7) is 1.53. The first-order valence-electron chi connectivity index (χ1n) is 15.5. The molecule has 10 nitrogen and oxygen atoms in total. The number of carbonyl (C=O) groups is 4. The van der Waals surface area contributed by atoms with Crippen LogP contribution in [0.1, 0.15) is 56.8 Å². The van der Waals surface area contributed by atoms with Gasteiger partial charge < -0.3 is 19.7 Å². The third-order valence-electron chi connectivity index (χ3n) is 9.28. The van der Waals surface area contributed by atoms with Crippen LogP contribution in [0, 0.1) is 0 Å². The minimum Gasteiger partial charge on any atom is -0.371 e. The maximum Gasteiger partial charge on any atom is 0.416 e. The Hall–Kier alpha value is -4.98. The van der Waals surface area contributed by atoms with Gasteiger partial charge in [0.15, 0.2) is 0 Å². The van der Waals surface area contributed by atoms with Crippen LogP contribution in [0.3, 0.4) is 0 Å². The number of alkyl halides is 3. The molecule has 48 heavy (non-hydrogen) atoms. The number of benzene rings is 2. The second-order valence-electron chi connectivity index (χ2n) is 12.4. The second-order valence-corrected chi connectivity index (χ2v) is 13.4. The molecule has 0 saturated carbocycles. The van der Waals surface area contributed by atoms with Crippen LogP contribution in [0.4, 0.5) is 18.9 Å². The van der Waals surface area contributed by atoms with E-state index in [0.717, 1.165) is 34.7 Å². The van der Waals surface area contributed by atoms with Crippen LogP contribution in [0.15, 0.2) is 59.5 Å². The largest absolute Gasteiger partial charge is 0.416 e. The van der Waals surface area contributed by atoms with Crippen molar-refractivity contribution in [3.8, 4) is 11.1 Å². The number of thiophene rings is 1. The summed E-state index contributed by atoms with van der Waals surface area (Å²) < 4.78 is 42.0. The topological polar surface area (TPSA) is 121 Å². The van der Waals surface area contributed by atoms with E-state index in [1.807, 2.05) is 18.2 Å². The van der Waals surface area contributed by atoms with Gasteiger partial charge in [0.25, 0.3) is 17.4 Å². The van der Waals surface area contributed by atoms with Gasteiger partial charge in [-0.15, -0.1) is 11.3 Å². The van der Waals surface area contributed by atoms with Crippen molar-refractivity contribution in [3.05, 3.63) is 86.6 Å². The molecule has 7 rings (SSSR count). The number of pyridine rings is 1. The summed E-state index contributed by atoms with van der Waals surface area (Å²) in [6.07, 6.45) is -1.29. The number of aryl methyl sites for hydroxylation is 1. The van der Waals surface area contributed by atoms with Gasteiger partial charge in [0, 0.05) is 66.9 Å². The van der Waals surface area contributed by atoms with Crippen molar-refractivity contribution in [1.29, 1.82) is 0 Å². The number of nitrogens with one attached hydrogen (secondary N) is 2. The van der Waals surface area contributed by atoms with Gasteiger partial charge in [-0.3, -0.25) is 29.3 Å². The van der Waals surface area contributed by atoms with Gasteiger partial charge in [-0.1, -0.05) is 18.2 Å². The molecule has 2 aromatic heterocycles. The standard InChI is InChI=1S/C34H30F3N5O5S/c1-40-17-25(18-3-2-4-20(13-18)34(35,36)37)29-24(32(40)46)15-27(48-29)31(45)38-21-9-11-41(12-10-21)22-6-5-19-16-42(33(47)23(19)14-22)26-7-8-28(43)39-30(26)44/h2-6,13-15,17,21,26H,7-12,16H2,1H3,(H,38,45)(H,39,43,44). The van der Waals surface area contributed by atoms with Crippen LogP contribution in [-0.2, 0) is 29.4 Å². The average molecular weight is 678 g/mol. The number of hydrogen-bond acceptors (Lipinski definition) is 7. The molecule has 0 aliphatic carbocycles. The lowest BCUT2D eigenvalue weighted by atomic mass is 10.0. The van der Waals surface area contributed by atoms with Gasteiger partial charge in [-0.05, 0) is 60.7 Å². The van der Waals surface area contributed by atoms with Crippen LogP contribution in [0.25, 0.3) is 21.2 Å². The molecule has 248 valence electrons. The van der Waals surface area contributed by atoms with Crippen LogP contribution in [0.5, 0.6) is 0 Å². The molecular formula is C34H30F3N5O5S. The van der Waals surface area contributed by atoms with E-state index in [1.54, 1.807) is 6.07 Å². The molecule has 14 heteroatoms. The number of amides is 4. The molecule has 3 aliphatic rings. The maximum atomic E-state index is 13.4. The lowest BCUT2D eigenvalue weighted by molar-refractivity contribution is -0.138. The zero-order chi connectivity index (χ0) is 33.9. The van der Waals surface area contributed by atoms with Crippen molar-refractivity contribution in [2.24, 2.45) is 7.05 Å². The fourth-order valence-electron chi connectivity index (χ4n) is 6.71. The number of carbonyl (C=O) groups excluding carboxylic acids is 4. The number of rotatable bonds is 5. The van der Waals surface area contributed by atoms with E-state index in [1.165, 1.54) is 34.8 Å². The smallest absolute Gasteiger partial charge is 0.371 e. The number of imide groups is 1. The number of aromatic nitrogens is 1. The summed E-state index contributed by atoms with van der Waals surface area (Å²) in [5.74, 6) is -1.38. The summed E-state index contributed by atoms with van der Waals surface area (Å²) in [5.41, 5.74) is 1.80. The van der Waals surface area contributed by atoms with E-state index in [-0.39, 0.29) is 41.1 Å². The van der Waals surface area contributed by atoms with Crippen molar-refractivity contribution in [3.63, 3.8) is 0 Å². The second kappa shape index (κ2) is 11.9. The Balaban J connectivity index is 1.03. The lowest BCUT2D eigenvalue weighted by Crippen LogP contribution is -2.52. The van der Waals surface area contributed by atoms with Crippen molar-refractivity contribution in [2.75, 3.05) is 18.0 Å². The molecule has 2 aromatic carbocycles. The summed E-state index contributed by atoms with van der Waals surface area (Å²) in [4.78, 5) is 67.5. The summed E-state index contributed by atoms with van der Waals surface area (Å²) in [6, 6.07) is 11.2. The molecule has 0 spiro atoms. The van der Waals surface area contributed by atoms with E-state index in [0.29, 0.717) is 65.2 Å². The highest BCUT2D eigenvalue weighted by atomic mass is 32.1. The quantitative estimate of drug-likeness (QED) is 0.302. The molecule has 3 aliphatic heterocycles. The molecule has 2 N–H and O–H groups in total. The molecule has 4 aromatic rings. The number of fused-ring (bicyclic) bond motifs is 2. The Labute approximate surface area is 276 Å². The Kier molecular flexibility index (Phi) is 7.85. The van der Waals surface area contributed by atoms with Gasteiger partial charge >= 0.3 is 6.18 Å². The van der Waals surface area contributed by atoms with E-state index in [2.05, 4.69) is 15.5 Å². The Morgan fingerprint density at radius 3 is 2.48 bits per heavy atom. The molecular weight excluding hydrogens is 647 g/mol. The van der Waals surface area contributed by atoms with Gasteiger partial charge in [0.1, 0.15) is 6.04 Å². The van der Waals surface area contributed by atoms with E-state index >= 15 is 0 Å². The highest BCUT2D eigenvalue weighted by Gasteiger charge is 2.39. The van der Waals surface area contributed by atoms with Crippen molar-refractivity contribution in [2.45, 2.75) is 50.5 Å². The fraction of sp³-hybridized carbons (Fsp3) is 0.324. The average Bonchev–Trinajstić information content (AvgIpc) is 3.65. The molecule has 2 fully saturated rings. The summed E-state index contributed by atoms with van der Waals surface area (Å²) >= 11 is 1.08. The molecule has 1 unspecified atom stereocenters. The minimum atomic E-state index is -4.53. The van der Waals surface area contributed by atoms with E-state index in [4.69, 9.17) is 0 Å². The normalized spacial score (nSPS) is 18.8. The highest BCUT2D eigenvalue weighted by molar-refractivity contribution is 7.21. The first-order chi connectivity index (χ1) is 22.9. The van der Waals surface area contributed by atoms with Crippen molar-refractivity contribution in [1.82, 2.24) is 20.1 Å². The zero-order valence-electron chi connectivity index (χ0n) is 25.7. The Morgan fingerprint density at radius 1 is 0.979 bits per heavy atom. The van der Waals surface area contributed by atoms with E-state index in [9.17, 15) is 37.1 Å². The Morgan fingerprint density at radius 2 is 1.75 bits per heavy atom. The van der Waals surface area contributed by atoms with Crippen LogP contribution in [0.2, 0.25) is 0 Å². The van der Waals surface area contributed by atoms with Gasteiger partial charge in [-0.2, -0.15) is 13.2 Å². The fourth-order valence-corrected chi connectivity index (χ4v) is 7.79. The van der Waals surface area contributed by atoms with E-state index < -0.39 is 23.7 Å². The third kappa shape index (κ3) is 5.74. The summed E-state index contributed by atoms with van der Waals surface area (Å²) in [5, 5.41) is 5.63. The zero-order valence-corrected chi connectivity index (χ0v) is 26.5. The summed E-state index contributed by atoms with van der Waals surface area (Å²) in [7, 11) is 1.52. The van der Waals surface area contributed by atoms with Crippen LogP contribution >= 0.6 is 11.3 Å². The van der Waals surface area contributed by atoms with Crippen LogP contribution < -0.4 is 21.1 Å². The highest BCUT2D eigenvalue weighted by Crippen LogP contribution is 2.37. The Bertz CT molecular complexity index is 2060. The molecule has 0 bridgehead atoms. The lowest BCUT2D eigenvalue weighted by Gasteiger charge is -2.34. The van der Waals surface area contributed by atoms with Crippen molar-refractivity contribution < 1.29 is 32.3 Å². The number of hydrogen-bond donors (Lipinski definition) is 2. The number of anilines is 1. The van der Waals surface area contributed by atoms with Gasteiger partial charge in [0.2, 0.25) is 11.8 Å². The monoisotopic (exact) mass is 677 g/mol. The maximum absolute atomic E-state index is 13.4. The number of nitrogens with zero attached hydrogens (tertiary/aromatic N) is 3. The number of halogens is 3. The van der Waals surface area contributed by atoms with Gasteiger partial charge in [-0.25, -0.2) is 0 Å². The molecule has 5 heterocycles. The third-order valence-corrected chi connectivity index (χ3v) is 10.4. The van der Waals surface area contributed by atoms with Gasteiger partial charge in [0.05, 0.1) is 15.8 Å². The molecule has 4 amide bonds. The first kappa shape index (κ1) is 31.6. The van der Waals surface area contributed by atoms with Crippen LogP contribution in [-0.4, -0.2) is 58.3 Å². The number of piperidine rings is 2. The molecule has 0 radical (unpaired) electrons. The molecule has 2 saturated heterocycles. The molecule has 1 atom stereocenters. The minimum absolute atomic E-state index is 0.149. The predicted octanol–water partition coefficient (Wildman–Crippen LogP) is 4.45. The predicted molar refractivity (Wildman–Crippen MR) is 173 cm³/mol. The first-order valence-corrected chi connectivity index (χ1v) is 16.3. The SMILES string of the molecule is Cn1cc(-c2cccc(C(F)(F)F)c2)c2sc(C(=O)NC3CCN(c4ccc5c(c4)C(=O)N(C4CCC(=O)NC4=O)C5)CC3)cc2c1=O. The van der Waals surface area contributed by atoms with Crippen molar-refractivity contribution >= 4 is 50.7 Å².